The molecule has 154 valence electrons. The summed E-state index contributed by atoms with van der Waals surface area (Å²) in [6, 6.07) is 11.4. The molecule has 1 aliphatic heterocycles. The van der Waals surface area contributed by atoms with Crippen LogP contribution in [0.25, 0.3) is 0 Å². The first-order valence-electron chi connectivity index (χ1n) is 9.76. The Bertz CT molecular complexity index is 940. The molecule has 0 spiro atoms. The molecule has 0 radical (unpaired) electrons. The lowest BCUT2D eigenvalue weighted by molar-refractivity contribution is -0.123. The number of carbonyl (C=O) groups is 1. The monoisotopic (exact) mass is 413 g/mol. The molecule has 1 N–H and O–H groups in total. The van der Waals surface area contributed by atoms with E-state index in [9.17, 15) is 4.79 Å². The Morgan fingerprint density at radius 2 is 2.10 bits per heavy atom. The predicted octanol–water partition coefficient (Wildman–Crippen LogP) is 4.90. The van der Waals surface area contributed by atoms with E-state index in [1.54, 1.807) is 30.5 Å². The minimum atomic E-state index is -0.341. The molecule has 0 saturated carbocycles. The summed E-state index contributed by atoms with van der Waals surface area (Å²) >= 11 is 6.02. The number of aryl methyl sites for hydroxylation is 1. The molecule has 2 aromatic carbocycles. The first-order chi connectivity index (χ1) is 13.7. The summed E-state index contributed by atoms with van der Waals surface area (Å²) < 4.78 is 5.42. The fraction of sp³-hybridized carbons (Fsp3) is 0.391. The minimum Gasteiger partial charge on any atom is -0.482 e. The zero-order valence-electron chi connectivity index (χ0n) is 17.6. The maximum absolute atomic E-state index is 12.0. The molecule has 2 aromatic rings. The third-order valence-corrected chi connectivity index (χ3v) is 5.92. The lowest BCUT2D eigenvalue weighted by Gasteiger charge is -2.45. The van der Waals surface area contributed by atoms with Crippen molar-refractivity contribution in [3.8, 4) is 5.75 Å². The fourth-order valence-corrected chi connectivity index (χ4v) is 3.98. The number of anilines is 1. The van der Waals surface area contributed by atoms with Crippen LogP contribution >= 0.6 is 11.6 Å². The lowest BCUT2D eigenvalue weighted by Crippen LogP contribution is -2.45. The molecule has 5 nitrogen and oxygen atoms in total. The Balaban J connectivity index is 1.66. The number of ether oxygens (including phenoxy) is 1. The van der Waals surface area contributed by atoms with Gasteiger partial charge in [0.1, 0.15) is 5.75 Å². The molecular formula is C23H28ClN3O2. The van der Waals surface area contributed by atoms with Gasteiger partial charge in [-0.15, -0.1) is 0 Å². The zero-order valence-corrected chi connectivity index (χ0v) is 18.4. The highest BCUT2D eigenvalue weighted by atomic mass is 35.5. The molecule has 1 atom stereocenters. The summed E-state index contributed by atoms with van der Waals surface area (Å²) in [6.45, 7) is 8.72. The van der Waals surface area contributed by atoms with Crippen LogP contribution in [0.2, 0.25) is 5.02 Å². The molecule has 0 aliphatic carbocycles. The van der Waals surface area contributed by atoms with Crippen LogP contribution in [0.3, 0.4) is 0 Å². The van der Waals surface area contributed by atoms with Crippen LogP contribution in [0.1, 0.15) is 49.8 Å². The summed E-state index contributed by atoms with van der Waals surface area (Å²) in [4.78, 5) is 14.4. The molecule has 1 amide bonds. The fourth-order valence-electron chi connectivity index (χ4n) is 3.78. The van der Waals surface area contributed by atoms with Gasteiger partial charge in [0.15, 0.2) is 6.61 Å². The highest BCUT2D eigenvalue weighted by Crippen LogP contribution is 2.43. The predicted molar refractivity (Wildman–Crippen MR) is 119 cm³/mol. The molecule has 1 unspecified atom stereocenters. The van der Waals surface area contributed by atoms with Gasteiger partial charge in [-0.2, -0.15) is 5.10 Å². The van der Waals surface area contributed by atoms with Gasteiger partial charge >= 0.3 is 0 Å². The summed E-state index contributed by atoms with van der Waals surface area (Å²) in [6.07, 6.45) is 2.78. The van der Waals surface area contributed by atoms with Crippen LogP contribution in [0.4, 0.5) is 5.69 Å². The zero-order chi connectivity index (χ0) is 21.2. The van der Waals surface area contributed by atoms with Gasteiger partial charge < -0.3 is 9.64 Å². The first-order valence-corrected chi connectivity index (χ1v) is 10.1. The number of rotatable bonds is 5. The number of nitrogens with zero attached hydrogens (tertiary/aromatic N) is 2. The average molecular weight is 414 g/mol. The molecule has 0 fully saturated rings. The van der Waals surface area contributed by atoms with Crippen molar-refractivity contribution in [2.45, 2.75) is 45.6 Å². The van der Waals surface area contributed by atoms with Crippen LogP contribution in [0.15, 0.2) is 41.5 Å². The maximum atomic E-state index is 12.0. The SMILES string of the molecule is Cc1cc2c(cc1/C=N/NC(=O)COc1ccccc1Cl)C(C)CC(C)(C)N2C. The van der Waals surface area contributed by atoms with Gasteiger partial charge in [-0.1, -0.05) is 30.7 Å². The van der Waals surface area contributed by atoms with Gasteiger partial charge in [-0.25, -0.2) is 5.43 Å². The normalized spacial score (nSPS) is 17.9. The van der Waals surface area contributed by atoms with E-state index in [0.29, 0.717) is 16.7 Å². The molecule has 29 heavy (non-hydrogen) atoms. The van der Waals surface area contributed by atoms with Gasteiger partial charge in [0.2, 0.25) is 0 Å². The standard InChI is InChI=1S/C23H28ClN3O2/c1-15-10-20-18(16(2)12-23(3,4)27(20)5)11-17(15)13-25-26-22(28)14-29-21-9-7-6-8-19(21)24/h6-11,13,16H,12,14H2,1-5H3,(H,26,28)/b25-13+. The number of para-hydroxylation sites is 1. The minimum absolute atomic E-state index is 0.129. The number of hydrogen-bond acceptors (Lipinski definition) is 4. The Labute approximate surface area is 177 Å². The Morgan fingerprint density at radius 1 is 1.38 bits per heavy atom. The average Bonchev–Trinajstić information content (AvgIpc) is 2.66. The number of hydrogen-bond donors (Lipinski definition) is 1. The van der Waals surface area contributed by atoms with Crippen molar-refractivity contribution in [2.75, 3.05) is 18.6 Å². The molecule has 1 aliphatic rings. The van der Waals surface area contributed by atoms with Crippen LogP contribution in [0.5, 0.6) is 5.75 Å². The van der Waals surface area contributed by atoms with E-state index in [1.807, 2.05) is 0 Å². The molecular weight excluding hydrogens is 386 g/mol. The third-order valence-electron chi connectivity index (χ3n) is 5.61. The highest BCUT2D eigenvalue weighted by Gasteiger charge is 2.34. The van der Waals surface area contributed by atoms with E-state index < -0.39 is 0 Å². The second-order valence-corrected chi connectivity index (χ2v) is 8.66. The number of hydrazone groups is 1. The molecule has 0 aromatic heterocycles. The summed E-state index contributed by atoms with van der Waals surface area (Å²) in [5, 5.41) is 4.58. The Morgan fingerprint density at radius 3 is 2.83 bits per heavy atom. The van der Waals surface area contributed by atoms with Gasteiger partial charge in [-0.3, -0.25) is 4.79 Å². The van der Waals surface area contributed by atoms with Crippen LogP contribution < -0.4 is 15.1 Å². The molecule has 0 bridgehead atoms. The van der Waals surface area contributed by atoms with Crippen molar-refractivity contribution in [1.82, 2.24) is 5.43 Å². The van der Waals surface area contributed by atoms with Crippen LogP contribution in [-0.4, -0.2) is 31.3 Å². The molecule has 0 saturated heterocycles. The summed E-state index contributed by atoms with van der Waals surface area (Å²) in [5.41, 5.74) is 7.33. The van der Waals surface area contributed by atoms with E-state index in [1.165, 1.54) is 11.3 Å². The van der Waals surface area contributed by atoms with E-state index >= 15 is 0 Å². The summed E-state index contributed by atoms with van der Waals surface area (Å²) in [7, 11) is 2.15. The van der Waals surface area contributed by atoms with Crippen molar-refractivity contribution in [3.05, 3.63) is 58.1 Å². The van der Waals surface area contributed by atoms with Crippen molar-refractivity contribution < 1.29 is 9.53 Å². The third kappa shape index (κ3) is 4.73. The Hall–Kier alpha value is -2.53. The van der Waals surface area contributed by atoms with Crippen molar-refractivity contribution >= 4 is 29.4 Å². The first kappa shape index (κ1) is 21.2. The largest absolute Gasteiger partial charge is 0.482 e. The smallest absolute Gasteiger partial charge is 0.277 e. The maximum Gasteiger partial charge on any atom is 0.277 e. The second-order valence-electron chi connectivity index (χ2n) is 8.26. The highest BCUT2D eigenvalue weighted by molar-refractivity contribution is 6.32. The van der Waals surface area contributed by atoms with Gasteiger partial charge in [0.05, 0.1) is 11.2 Å². The molecule has 3 rings (SSSR count). The topological polar surface area (TPSA) is 53.9 Å². The number of benzene rings is 2. The van der Waals surface area contributed by atoms with Crippen molar-refractivity contribution in [3.63, 3.8) is 0 Å². The van der Waals surface area contributed by atoms with E-state index in [4.69, 9.17) is 16.3 Å². The van der Waals surface area contributed by atoms with Gasteiger partial charge in [0.25, 0.3) is 5.91 Å². The van der Waals surface area contributed by atoms with Crippen molar-refractivity contribution in [2.24, 2.45) is 5.10 Å². The quantitative estimate of drug-likeness (QED) is 0.560. The van der Waals surface area contributed by atoms with E-state index in [2.05, 4.69) is 62.3 Å². The van der Waals surface area contributed by atoms with Gasteiger partial charge in [-0.05, 0) is 74.1 Å². The second kappa shape index (κ2) is 8.46. The molecule has 6 heteroatoms. The number of nitrogens with one attached hydrogen (secondary N) is 1. The number of carbonyl (C=O) groups excluding carboxylic acids is 1. The van der Waals surface area contributed by atoms with Crippen LogP contribution in [-0.2, 0) is 4.79 Å². The number of fused-ring (bicyclic) bond motifs is 1. The Kier molecular flexibility index (Phi) is 6.18. The van der Waals surface area contributed by atoms with Gasteiger partial charge in [0, 0.05) is 18.3 Å². The van der Waals surface area contributed by atoms with Crippen molar-refractivity contribution in [1.29, 1.82) is 0 Å². The number of amides is 1. The summed E-state index contributed by atoms with van der Waals surface area (Å²) in [5.74, 6) is 0.592. The lowest BCUT2D eigenvalue weighted by atomic mass is 9.79. The number of halogens is 1. The molecule has 1 heterocycles. The van der Waals surface area contributed by atoms with E-state index in [0.717, 1.165) is 17.5 Å². The van der Waals surface area contributed by atoms with E-state index in [-0.39, 0.29) is 18.1 Å². The van der Waals surface area contributed by atoms with Crippen LogP contribution in [0, 0.1) is 6.92 Å².